The standard InChI is InChI=1S/C10H6N2O2S/c13-10-12(9-11-5-6-15-9)7-3-1-2-4-8(7)14-10/h1-6H. The molecule has 3 rings (SSSR count). The van der Waals surface area contributed by atoms with Crippen molar-refractivity contribution in [2.24, 2.45) is 0 Å². The maximum absolute atomic E-state index is 11.6. The van der Waals surface area contributed by atoms with Gasteiger partial charge in [0.15, 0.2) is 10.7 Å². The first-order valence-electron chi connectivity index (χ1n) is 4.37. The summed E-state index contributed by atoms with van der Waals surface area (Å²) in [6, 6.07) is 7.29. The molecule has 0 saturated heterocycles. The van der Waals surface area contributed by atoms with E-state index in [9.17, 15) is 4.79 Å². The van der Waals surface area contributed by atoms with Gasteiger partial charge in [0.25, 0.3) is 0 Å². The highest BCUT2D eigenvalue weighted by Crippen LogP contribution is 2.17. The molecule has 4 nitrogen and oxygen atoms in total. The monoisotopic (exact) mass is 218 g/mol. The highest BCUT2D eigenvalue weighted by Gasteiger charge is 2.11. The number of rotatable bonds is 1. The van der Waals surface area contributed by atoms with E-state index in [4.69, 9.17) is 4.42 Å². The van der Waals surface area contributed by atoms with Crippen LogP contribution in [0.5, 0.6) is 0 Å². The second-order valence-corrected chi connectivity index (χ2v) is 3.86. The molecule has 0 saturated carbocycles. The largest absolute Gasteiger partial charge is 0.426 e. The molecule has 0 unspecified atom stereocenters. The molecule has 0 atom stereocenters. The van der Waals surface area contributed by atoms with Crippen molar-refractivity contribution in [1.29, 1.82) is 0 Å². The average Bonchev–Trinajstić information content (AvgIpc) is 2.82. The van der Waals surface area contributed by atoms with Gasteiger partial charge in [-0.1, -0.05) is 12.1 Å². The lowest BCUT2D eigenvalue weighted by molar-refractivity contribution is 0.540. The number of fused-ring (bicyclic) bond motifs is 1. The van der Waals surface area contributed by atoms with Crippen molar-refractivity contribution in [3.63, 3.8) is 0 Å². The fourth-order valence-electron chi connectivity index (χ4n) is 1.47. The number of para-hydroxylation sites is 2. The van der Waals surface area contributed by atoms with Gasteiger partial charge in [-0.25, -0.2) is 14.3 Å². The molecule has 0 spiro atoms. The molecule has 74 valence electrons. The van der Waals surface area contributed by atoms with E-state index in [0.29, 0.717) is 10.7 Å². The van der Waals surface area contributed by atoms with Gasteiger partial charge >= 0.3 is 5.76 Å². The summed E-state index contributed by atoms with van der Waals surface area (Å²) in [5.74, 6) is -0.397. The number of benzene rings is 1. The van der Waals surface area contributed by atoms with E-state index >= 15 is 0 Å². The second-order valence-electron chi connectivity index (χ2n) is 2.99. The minimum atomic E-state index is -0.397. The first-order valence-corrected chi connectivity index (χ1v) is 5.25. The fraction of sp³-hybridized carbons (Fsp3) is 0. The minimum Gasteiger partial charge on any atom is -0.407 e. The van der Waals surface area contributed by atoms with E-state index < -0.39 is 5.76 Å². The van der Waals surface area contributed by atoms with Gasteiger partial charge in [-0.2, -0.15) is 0 Å². The van der Waals surface area contributed by atoms with Crippen LogP contribution in [0, 0.1) is 0 Å². The molecule has 1 aromatic carbocycles. The SMILES string of the molecule is O=c1oc2ccccc2n1-c1nccs1. The Hall–Kier alpha value is -1.88. The predicted octanol–water partition coefficient (Wildman–Crippen LogP) is 2.04. The maximum Gasteiger partial charge on any atom is 0.426 e. The summed E-state index contributed by atoms with van der Waals surface area (Å²) >= 11 is 1.40. The average molecular weight is 218 g/mol. The molecular weight excluding hydrogens is 212 g/mol. The zero-order valence-electron chi connectivity index (χ0n) is 7.58. The van der Waals surface area contributed by atoms with E-state index in [1.807, 2.05) is 23.6 Å². The molecule has 0 N–H and O–H groups in total. The van der Waals surface area contributed by atoms with Crippen LogP contribution in [-0.2, 0) is 0 Å². The molecule has 15 heavy (non-hydrogen) atoms. The van der Waals surface area contributed by atoms with Crippen LogP contribution in [-0.4, -0.2) is 9.55 Å². The van der Waals surface area contributed by atoms with Gasteiger partial charge in [0, 0.05) is 11.6 Å². The topological polar surface area (TPSA) is 48.0 Å². The Morgan fingerprint density at radius 3 is 3.00 bits per heavy atom. The molecule has 0 amide bonds. The van der Waals surface area contributed by atoms with Crippen LogP contribution in [0.4, 0.5) is 0 Å². The number of thiazole rings is 1. The first-order chi connectivity index (χ1) is 7.36. The number of oxazole rings is 1. The van der Waals surface area contributed by atoms with Crippen molar-refractivity contribution >= 4 is 22.4 Å². The van der Waals surface area contributed by atoms with Gasteiger partial charge in [0.05, 0.1) is 5.52 Å². The molecule has 0 radical (unpaired) electrons. The van der Waals surface area contributed by atoms with Crippen LogP contribution in [0.1, 0.15) is 0 Å². The summed E-state index contributed by atoms with van der Waals surface area (Å²) < 4.78 is 6.57. The van der Waals surface area contributed by atoms with Gasteiger partial charge in [0.2, 0.25) is 0 Å². The number of hydrogen-bond donors (Lipinski definition) is 0. The molecule has 3 aromatic rings. The third-order valence-electron chi connectivity index (χ3n) is 2.10. The number of aromatic nitrogens is 2. The van der Waals surface area contributed by atoms with Gasteiger partial charge in [-0.05, 0) is 12.1 Å². The summed E-state index contributed by atoms with van der Waals surface area (Å²) in [5, 5.41) is 2.45. The Balaban J connectivity index is 2.44. The van der Waals surface area contributed by atoms with E-state index in [1.54, 1.807) is 12.3 Å². The van der Waals surface area contributed by atoms with Gasteiger partial charge in [-0.3, -0.25) is 0 Å². The Morgan fingerprint density at radius 1 is 1.33 bits per heavy atom. The highest BCUT2D eigenvalue weighted by atomic mass is 32.1. The van der Waals surface area contributed by atoms with E-state index in [1.165, 1.54) is 15.9 Å². The van der Waals surface area contributed by atoms with Crippen molar-refractivity contribution in [3.8, 4) is 5.13 Å². The Morgan fingerprint density at radius 2 is 2.20 bits per heavy atom. The van der Waals surface area contributed by atoms with Gasteiger partial charge < -0.3 is 4.42 Å². The van der Waals surface area contributed by atoms with Crippen molar-refractivity contribution in [2.45, 2.75) is 0 Å². The normalized spacial score (nSPS) is 10.9. The van der Waals surface area contributed by atoms with E-state index in [2.05, 4.69) is 4.98 Å². The fourth-order valence-corrected chi connectivity index (χ4v) is 2.12. The highest BCUT2D eigenvalue weighted by molar-refractivity contribution is 7.12. The molecule has 0 aliphatic carbocycles. The van der Waals surface area contributed by atoms with E-state index in [0.717, 1.165) is 5.52 Å². The maximum atomic E-state index is 11.6. The van der Waals surface area contributed by atoms with Crippen LogP contribution in [0.3, 0.4) is 0 Å². The van der Waals surface area contributed by atoms with Crippen molar-refractivity contribution in [1.82, 2.24) is 9.55 Å². The second kappa shape index (κ2) is 3.06. The molecule has 0 aliphatic rings. The predicted molar refractivity (Wildman–Crippen MR) is 57.5 cm³/mol. The van der Waals surface area contributed by atoms with Crippen LogP contribution in [0.15, 0.2) is 45.1 Å². The zero-order valence-corrected chi connectivity index (χ0v) is 8.40. The quantitative estimate of drug-likeness (QED) is 0.628. The third kappa shape index (κ3) is 1.20. The van der Waals surface area contributed by atoms with Crippen molar-refractivity contribution in [3.05, 3.63) is 46.4 Å². The summed E-state index contributed by atoms with van der Waals surface area (Å²) in [6.45, 7) is 0. The first kappa shape index (κ1) is 8.43. The minimum absolute atomic E-state index is 0.397. The molecule has 0 bridgehead atoms. The smallest absolute Gasteiger partial charge is 0.407 e. The van der Waals surface area contributed by atoms with Crippen molar-refractivity contribution < 1.29 is 4.42 Å². The number of hydrogen-bond acceptors (Lipinski definition) is 4. The molecule has 2 heterocycles. The van der Waals surface area contributed by atoms with Gasteiger partial charge in [0.1, 0.15) is 0 Å². The lowest BCUT2D eigenvalue weighted by Crippen LogP contribution is -2.10. The van der Waals surface area contributed by atoms with E-state index in [-0.39, 0.29) is 0 Å². The Bertz CT molecular complexity index is 651. The molecule has 0 aliphatic heterocycles. The summed E-state index contributed by atoms with van der Waals surface area (Å²) in [4.78, 5) is 15.7. The molecule has 2 aromatic heterocycles. The van der Waals surface area contributed by atoms with Crippen molar-refractivity contribution in [2.75, 3.05) is 0 Å². The summed E-state index contributed by atoms with van der Waals surface area (Å²) in [7, 11) is 0. The molecule has 5 heteroatoms. The lowest BCUT2D eigenvalue weighted by atomic mass is 10.3. The summed E-state index contributed by atoms with van der Waals surface area (Å²) in [6.07, 6.45) is 1.66. The van der Waals surface area contributed by atoms with Crippen LogP contribution >= 0.6 is 11.3 Å². The summed E-state index contributed by atoms with van der Waals surface area (Å²) in [5.41, 5.74) is 1.33. The van der Waals surface area contributed by atoms with Crippen LogP contribution < -0.4 is 5.76 Å². The number of nitrogens with zero attached hydrogens (tertiary/aromatic N) is 2. The van der Waals surface area contributed by atoms with Crippen LogP contribution in [0.25, 0.3) is 16.2 Å². The Kier molecular flexibility index (Phi) is 1.72. The van der Waals surface area contributed by atoms with Crippen LogP contribution in [0.2, 0.25) is 0 Å². The van der Waals surface area contributed by atoms with Gasteiger partial charge in [-0.15, -0.1) is 11.3 Å². The molecule has 0 fully saturated rings. The lowest BCUT2D eigenvalue weighted by Gasteiger charge is -1.93. The third-order valence-corrected chi connectivity index (χ3v) is 2.85. The Labute approximate surface area is 88.4 Å². The molecular formula is C10H6N2O2S. The zero-order chi connectivity index (χ0) is 10.3.